The zero-order valence-electron chi connectivity index (χ0n) is 33.7. The van der Waals surface area contributed by atoms with E-state index in [-0.39, 0.29) is 44.7 Å². The summed E-state index contributed by atoms with van der Waals surface area (Å²) >= 11 is 0. The van der Waals surface area contributed by atoms with E-state index in [2.05, 4.69) is 19.7 Å². The maximum Gasteiger partial charge on any atom is 0.338 e. The van der Waals surface area contributed by atoms with Gasteiger partial charge in [-0.05, 0) is 99.9 Å². The first-order valence-electron chi connectivity index (χ1n) is 19.6. The van der Waals surface area contributed by atoms with Gasteiger partial charge in [0.15, 0.2) is 6.10 Å². The van der Waals surface area contributed by atoms with E-state index >= 15 is 0 Å². The molecule has 59 heavy (non-hydrogen) atoms. The number of carbonyl (C=O) groups excluding carboxylic acids is 5. The smallest absolute Gasteiger partial charge is 0.338 e. The topological polar surface area (TPSA) is 178 Å². The van der Waals surface area contributed by atoms with Crippen LogP contribution in [0.5, 0.6) is 11.5 Å². The molecule has 1 saturated carbocycles. The van der Waals surface area contributed by atoms with Crippen LogP contribution >= 0.6 is 0 Å². The third-order valence-corrected chi connectivity index (χ3v) is 8.80. The van der Waals surface area contributed by atoms with Gasteiger partial charge in [0.1, 0.15) is 43.0 Å². The Labute approximate surface area is 345 Å². The Kier molecular flexibility index (Phi) is 22.7. The lowest BCUT2D eigenvalue weighted by Crippen LogP contribution is -2.30. The lowest BCUT2D eigenvalue weighted by molar-refractivity contribution is -0.148. The van der Waals surface area contributed by atoms with E-state index in [9.17, 15) is 24.0 Å². The standard InChI is InChI=1S/C44H56O15/c1-5-40(45)53-26-10-8-24-51-28-38(50-4)30-55-34-16-12-32(13-17-34)43(48)58-36-20-22-37(23-21-36)59-44(49)33-14-18-35(19-15-33)56-31-39(57-42(47)7-3)29-52-25-9-11-27-54-41(46)6-2/h5-7,12-19,36-39H,1-3,8-11,20-31H2,4H3. The van der Waals surface area contributed by atoms with Crippen LogP contribution in [-0.4, -0.2) is 114 Å². The van der Waals surface area contributed by atoms with Crippen LogP contribution in [0.25, 0.3) is 0 Å². The van der Waals surface area contributed by atoms with Crippen molar-refractivity contribution in [3.8, 4) is 11.5 Å². The number of ether oxygens (including phenoxy) is 10. The molecule has 1 aliphatic rings. The molecule has 0 heterocycles. The Hall–Kier alpha value is -5.51. The molecule has 3 rings (SSSR count). The van der Waals surface area contributed by atoms with E-state index < -0.39 is 36.0 Å². The number of carbonyl (C=O) groups is 5. The minimum atomic E-state index is -0.711. The van der Waals surface area contributed by atoms with Crippen molar-refractivity contribution < 1.29 is 71.3 Å². The fourth-order valence-electron chi connectivity index (χ4n) is 5.48. The van der Waals surface area contributed by atoms with Crippen LogP contribution in [0.4, 0.5) is 0 Å². The van der Waals surface area contributed by atoms with Crippen molar-refractivity contribution in [3.05, 3.63) is 97.6 Å². The highest BCUT2D eigenvalue weighted by Crippen LogP contribution is 2.26. The summed E-state index contributed by atoms with van der Waals surface area (Å²) in [6.45, 7) is 12.2. The molecule has 2 atom stereocenters. The molecule has 2 aromatic carbocycles. The lowest BCUT2D eigenvalue weighted by atomic mass is 9.95. The number of methoxy groups -OCH3 is 1. The first-order chi connectivity index (χ1) is 28.6. The van der Waals surface area contributed by atoms with Crippen LogP contribution in [-0.2, 0) is 52.3 Å². The fraction of sp³-hybridized carbons (Fsp3) is 0.477. The lowest BCUT2D eigenvalue weighted by Gasteiger charge is -2.28. The maximum absolute atomic E-state index is 12.9. The highest BCUT2D eigenvalue weighted by atomic mass is 16.6. The molecule has 1 fully saturated rings. The monoisotopic (exact) mass is 824 g/mol. The number of hydrogen-bond acceptors (Lipinski definition) is 15. The molecule has 0 radical (unpaired) electrons. The molecule has 15 nitrogen and oxygen atoms in total. The third kappa shape index (κ3) is 19.7. The molecule has 15 heteroatoms. The summed E-state index contributed by atoms with van der Waals surface area (Å²) in [7, 11) is 1.57. The SMILES string of the molecule is C=CC(=O)OCCCCOCC(COc1ccc(C(=O)OC2CCC(OC(=O)c3ccc(OCC(COCCCCOC(=O)C=C)OC(=O)C=C)cc3)CC2)cc1)OC. The summed E-state index contributed by atoms with van der Waals surface area (Å²) in [5, 5.41) is 0. The highest BCUT2D eigenvalue weighted by Gasteiger charge is 2.27. The molecule has 0 aliphatic heterocycles. The average Bonchev–Trinajstić information content (AvgIpc) is 3.26. The van der Waals surface area contributed by atoms with Crippen LogP contribution < -0.4 is 9.47 Å². The molecule has 2 unspecified atom stereocenters. The zero-order valence-corrected chi connectivity index (χ0v) is 33.7. The van der Waals surface area contributed by atoms with Crippen molar-refractivity contribution in [1.29, 1.82) is 0 Å². The largest absolute Gasteiger partial charge is 0.491 e. The van der Waals surface area contributed by atoms with Gasteiger partial charge < -0.3 is 47.4 Å². The van der Waals surface area contributed by atoms with E-state index in [0.717, 1.165) is 24.6 Å². The predicted molar refractivity (Wildman–Crippen MR) is 214 cm³/mol. The minimum Gasteiger partial charge on any atom is -0.491 e. The number of esters is 5. The molecular weight excluding hydrogens is 768 g/mol. The van der Waals surface area contributed by atoms with Crippen LogP contribution in [0.3, 0.4) is 0 Å². The van der Waals surface area contributed by atoms with E-state index in [1.54, 1.807) is 55.6 Å². The van der Waals surface area contributed by atoms with Gasteiger partial charge in [-0.2, -0.15) is 0 Å². The fourth-order valence-corrected chi connectivity index (χ4v) is 5.48. The molecule has 0 bridgehead atoms. The number of unbranched alkanes of at least 4 members (excludes halogenated alkanes) is 2. The molecule has 1 aliphatic carbocycles. The molecule has 2 aromatic rings. The molecular formula is C44H56O15. The van der Waals surface area contributed by atoms with Gasteiger partial charge in [0.05, 0.1) is 37.6 Å². The van der Waals surface area contributed by atoms with Gasteiger partial charge in [0.25, 0.3) is 0 Å². The zero-order chi connectivity index (χ0) is 42.7. The first kappa shape index (κ1) is 47.9. The van der Waals surface area contributed by atoms with Crippen LogP contribution in [0, 0.1) is 0 Å². The second-order valence-electron chi connectivity index (χ2n) is 13.3. The van der Waals surface area contributed by atoms with E-state index in [1.165, 1.54) is 0 Å². The van der Waals surface area contributed by atoms with Gasteiger partial charge in [0.2, 0.25) is 0 Å². The molecule has 0 aromatic heterocycles. The van der Waals surface area contributed by atoms with Crippen LogP contribution in [0.15, 0.2) is 86.5 Å². The number of hydrogen-bond donors (Lipinski definition) is 0. The molecule has 0 saturated heterocycles. The molecule has 0 spiro atoms. The normalized spacial score (nSPS) is 15.7. The summed E-state index contributed by atoms with van der Waals surface area (Å²) in [5.41, 5.74) is 0.737. The van der Waals surface area contributed by atoms with Gasteiger partial charge in [-0.3, -0.25) is 0 Å². The van der Waals surface area contributed by atoms with Crippen molar-refractivity contribution in [3.63, 3.8) is 0 Å². The van der Waals surface area contributed by atoms with Crippen molar-refractivity contribution in [2.45, 2.75) is 75.8 Å². The van der Waals surface area contributed by atoms with E-state index in [1.807, 2.05) is 0 Å². The Balaban J connectivity index is 1.32. The molecule has 0 amide bonds. The Morgan fingerprint density at radius 3 is 1.36 bits per heavy atom. The summed E-state index contributed by atoms with van der Waals surface area (Å²) in [6, 6.07) is 13.1. The van der Waals surface area contributed by atoms with Gasteiger partial charge in [-0.15, -0.1) is 0 Å². The van der Waals surface area contributed by atoms with Gasteiger partial charge in [-0.1, -0.05) is 19.7 Å². The highest BCUT2D eigenvalue weighted by molar-refractivity contribution is 5.90. The summed E-state index contributed by atoms with van der Waals surface area (Å²) < 4.78 is 55.0. The van der Waals surface area contributed by atoms with Gasteiger partial charge >= 0.3 is 29.8 Å². The second-order valence-corrected chi connectivity index (χ2v) is 13.3. The van der Waals surface area contributed by atoms with Gasteiger partial charge in [-0.25, -0.2) is 24.0 Å². The first-order valence-corrected chi connectivity index (χ1v) is 19.6. The van der Waals surface area contributed by atoms with Crippen LogP contribution in [0.2, 0.25) is 0 Å². The summed E-state index contributed by atoms with van der Waals surface area (Å²) in [5.74, 6) is -1.45. The summed E-state index contributed by atoms with van der Waals surface area (Å²) in [6.07, 6.45) is 6.48. The van der Waals surface area contributed by atoms with Crippen molar-refractivity contribution >= 4 is 29.8 Å². The van der Waals surface area contributed by atoms with E-state index in [4.69, 9.17) is 47.4 Å². The Morgan fingerprint density at radius 1 is 0.559 bits per heavy atom. The average molecular weight is 825 g/mol. The Bertz CT molecular complexity index is 1610. The van der Waals surface area contributed by atoms with Crippen molar-refractivity contribution in [1.82, 2.24) is 0 Å². The van der Waals surface area contributed by atoms with E-state index in [0.29, 0.717) is 94.0 Å². The summed E-state index contributed by atoms with van der Waals surface area (Å²) in [4.78, 5) is 59.7. The number of rotatable bonds is 29. The Morgan fingerprint density at radius 2 is 0.949 bits per heavy atom. The molecule has 322 valence electrons. The number of benzene rings is 2. The quantitative estimate of drug-likeness (QED) is 0.0408. The van der Waals surface area contributed by atoms with Crippen molar-refractivity contribution in [2.75, 3.05) is 60.0 Å². The predicted octanol–water partition coefficient (Wildman–Crippen LogP) is 5.93. The minimum absolute atomic E-state index is 0.00223. The maximum atomic E-state index is 12.9. The van der Waals surface area contributed by atoms with Crippen LogP contribution in [0.1, 0.15) is 72.1 Å². The third-order valence-electron chi connectivity index (χ3n) is 8.80. The van der Waals surface area contributed by atoms with Crippen molar-refractivity contribution in [2.24, 2.45) is 0 Å². The second kappa shape index (κ2) is 28.0. The molecule has 0 N–H and O–H groups in total. The van der Waals surface area contributed by atoms with Gasteiger partial charge in [0, 0.05) is 38.6 Å².